The number of Topliss-reactive ketones (excluding diaryl/α,β-unsaturated/α-hetero) is 1. The van der Waals surface area contributed by atoms with E-state index in [0.29, 0.717) is 24.2 Å². The van der Waals surface area contributed by atoms with E-state index in [-0.39, 0.29) is 17.6 Å². The molecular weight excluding hydrogens is 244 g/mol. The van der Waals surface area contributed by atoms with Crippen LogP contribution in [0.25, 0.3) is 0 Å². The van der Waals surface area contributed by atoms with Crippen molar-refractivity contribution in [1.29, 1.82) is 0 Å². The standard InChI is InChI=1S/C15H18O4/c1-19-12-6-2-5-11(8-12)14(16)9-10-4-3-7-13(10)15(17)18/h2,5-6,8,10,13H,3-4,7,9H2,1H3,(H,17,18)/t10-,13+/m1/s1. The van der Waals surface area contributed by atoms with Crippen LogP contribution in [0.3, 0.4) is 0 Å². The minimum absolute atomic E-state index is 0.00273. The molecule has 19 heavy (non-hydrogen) atoms. The molecule has 4 nitrogen and oxygen atoms in total. The molecule has 0 unspecified atom stereocenters. The summed E-state index contributed by atoms with van der Waals surface area (Å²) < 4.78 is 5.09. The van der Waals surface area contributed by atoms with Crippen molar-refractivity contribution in [3.63, 3.8) is 0 Å². The van der Waals surface area contributed by atoms with Gasteiger partial charge in [-0.05, 0) is 30.9 Å². The quantitative estimate of drug-likeness (QED) is 0.829. The van der Waals surface area contributed by atoms with Crippen LogP contribution in [-0.2, 0) is 4.79 Å². The van der Waals surface area contributed by atoms with Crippen molar-refractivity contribution in [3.05, 3.63) is 29.8 Å². The predicted octanol–water partition coefficient (Wildman–Crippen LogP) is 2.77. The van der Waals surface area contributed by atoms with Gasteiger partial charge in [-0.3, -0.25) is 9.59 Å². The molecule has 1 saturated carbocycles. The topological polar surface area (TPSA) is 63.6 Å². The molecular formula is C15H18O4. The Hall–Kier alpha value is -1.84. The van der Waals surface area contributed by atoms with Crippen molar-refractivity contribution in [2.24, 2.45) is 11.8 Å². The highest BCUT2D eigenvalue weighted by Gasteiger charge is 2.34. The smallest absolute Gasteiger partial charge is 0.306 e. The Kier molecular flexibility index (Phi) is 4.20. The summed E-state index contributed by atoms with van der Waals surface area (Å²) in [5.74, 6) is -0.532. The lowest BCUT2D eigenvalue weighted by molar-refractivity contribution is -0.142. The van der Waals surface area contributed by atoms with E-state index < -0.39 is 5.97 Å². The number of benzene rings is 1. The molecule has 1 N–H and O–H groups in total. The fourth-order valence-electron chi connectivity index (χ4n) is 2.76. The molecule has 1 aliphatic rings. The first-order chi connectivity index (χ1) is 9.11. The number of ketones is 1. The number of carboxylic acids is 1. The van der Waals surface area contributed by atoms with Gasteiger partial charge in [-0.1, -0.05) is 18.6 Å². The van der Waals surface area contributed by atoms with Crippen LogP contribution in [0.4, 0.5) is 0 Å². The largest absolute Gasteiger partial charge is 0.497 e. The molecule has 102 valence electrons. The maximum Gasteiger partial charge on any atom is 0.306 e. The van der Waals surface area contributed by atoms with Crippen molar-refractivity contribution >= 4 is 11.8 Å². The summed E-state index contributed by atoms with van der Waals surface area (Å²) in [6.45, 7) is 0. The maximum absolute atomic E-state index is 12.2. The third kappa shape index (κ3) is 3.13. The third-order valence-corrected chi connectivity index (χ3v) is 3.82. The molecule has 4 heteroatoms. The van der Waals surface area contributed by atoms with E-state index in [9.17, 15) is 9.59 Å². The Bertz CT molecular complexity index is 481. The van der Waals surface area contributed by atoms with Crippen LogP contribution in [0.2, 0.25) is 0 Å². The van der Waals surface area contributed by atoms with Gasteiger partial charge < -0.3 is 9.84 Å². The van der Waals surface area contributed by atoms with Crippen molar-refractivity contribution in [3.8, 4) is 5.75 Å². The first-order valence-electron chi connectivity index (χ1n) is 6.52. The maximum atomic E-state index is 12.2. The zero-order valence-corrected chi connectivity index (χ0v) is 11.0. The number of aliphatic carboxylic acids is 1. The number of ether oxygens (including phenoxy) is 1. The summed E-state index contributed by atoms with van der Waals surface area (Å²) in [6, 6.07) is 7.00. The molecule has 0 heterocycles. The van der Waals surface area contributed by atoms with E-state index in [0.717, 1.165) is 12.8 Å². The third-order valence-electron chi connectivity index (χ3n) is 3.82. The zero-order chi connectivity index (χ0) is 13.8. The van der Waals surface area contributed by atoms with E-state index in [1.807, 2.05) is 0 Å². The van der Waals surface area contributed by atoms with Gasteiger partial charge >= 0.3 is 5.97 Å². The number of carbonyl (C=O) groups excluding carboxylic acids is 1. The highest BCUT2D eigenvalue weighted by Crippen LogP contribution is 2.35. The monoisotopic (exact) mass is 262 g/mol. The molecule has 0 bridgehead atoms. The summed E-state index contributed by atoms with van der Waals surface area (Å²) in [6.07, 6.45) is 2.72. The Labute approximate surface area is 112 Å². The van der Waals surface area contributed by atoms with Gasteiger partial charge in [0.1, 0.15) is 5.75 Å². The molecule has 0 spiro atoms. The number of hydrogen-bond acceptors (Lipinski definition) is 3. The van der Waals surface area contributed by atoms with Crippen molar-refractivity contribution in [2.75, 3.05) is 7.11 Å². The van der Waals surface area contributed by atoms with Crippen LogP contribution in [0.15, 0.2) is 24.3 Å². The van der Waals surface area contributed by atoms with Crippen LogP contribution in [0.1, 0.15) is 36.0 Å². The fraction of sp³-hybridized carbons (Fsp3) is 0.467. The number of methoxy groups -OCH3 is 1. The van der Waals surface area contributed by atoms with Gasteiger partial charge in [0, 0.05) is 12.0 Å². The highest BCUT2D eigenvalue weighted by molar-refractivity contribution is 5.96. The van der Waals surface area contributed by atoms with Crippen LogP contribution in [-0.4, -0.2) is 24.0 Å². The Morgan fingerprint density at radius 3 is 2.84 bits per heavy atom. The van der Waals surface area contributed by atoms with Crippen LogP contribution in [0, 0.1) is 11.8 Å². The van der Waals surface area contributed by atoms with Gasteiger partial charge in [0.15, 0.2) is 5.78 Å². The molecule has 0 amide bonds. The minimum Gasteiger partial charge on any atom is -0.497 e. The Morgan fingerprint density at radius 1 is 1.37 bits per heavy atom. The van der Waals surface area contributed by atoms with Gasteiger partial charge in [0.2, 0.25) is 0 Å². The number of rotatable bonds is 5. The van der Waals surface area contributed by atoms with E-state index in [1.165, 1.54) is 0 Å². The van der Waals surface area contributed by atoms with Gasteiger partial charge in [-0.25, -0.2) is 0 Å². The molecule has 0 radical (unpaired) electrons. The minimum atomic E-state index is -0.777. The summed E-state index contributed by atoms with van der Waals surface area (Å²) in [5, 5.41) is 9.12. The van der Waals surface area contributed by atoms with Crippen LogP contribution in [0.5, 0.6) is 5.75 Å². The highest BCUT2D eigenvalue weighted by atomic mass is 16.5. The lowest BCUT2D eigenvalue weighted by Gasteiger charge is -2.14. The average molecular weight is 262 g/mol. The van der Waals surface area contributed by atoms with Crippen LogP contribution >= 0.6 is 0 Å². The van der Waals surface area contributed by atoms with E-state index in [1.54, 1.807) is 31.4 Å². The van der Waals surface area contributed by atoms with Gasteiger partial charge in [-0.15, -0.1) is 0 Å². The molecule has 0 aliphatic heterocycles. The van der Waals surface area contributed by atoms with Gasteiger partial charge in [0.05, 0.1) is 13.0 Å². The van der Waals surface area contributed by atoms with Crippen molar-refractivity contribution < 1.29 is 19.4 Å². The molecule has 2 atom stereocenters. The molecule has 1 aliphatic carbocycles. The number of hydrogen-bond donors (Lipinski definition) is 1. The molecule has 1 aromatic rings. The first-order valence-corrected chi connectivity index (χ1v) is 6.52. The molecule has 2 rings (SSSR count). The van der Waals surface area contributed by atoms with Crippen molar-refractivity contribution in [2.45, 2.75) is 25.7 Å². The zero-order valence-electron chi connectivity index (χ0n) is 11.0. The van der Waals surface area contributed by atoms with E-state index >= 15 is 0 Å². The number of carboxylic acid groups (broad SMARTS) is 1. The lowest BCUT2D eigenvalue weighted by Crippen LogP contribution is -2.20. The second-order valence-corrected chi connectivity index (χ2v) is 4.99. The average Bonchev–Trinajstić information content (AvgIpc) is 2.87. The van der Waals surface area contributed by atoms with Gasteiger partial charge in [-0.2, -0.15) is 0 Å². The first kappa shape index (κ1) is 13.6. The SMILES string of the molecule is COc1cccc(C(=O)C[C@H]2CCC[C@@H]2C(=O)O)c1. The lowest BCUT2D eigenvalue weighted by atomic mass is 9.89. The molecule has 1 fully saturated rings. The molecule has 0 aromatic heterocycles. The van der Waals surface area contributed by atoms with E-state index in [4.69, 9.17) is 9.84 Å². The Balaban J connectivity index is 2.06. The predicted molar refractivity (Wildman–Crippen MR) is 70.4 cm³/mol. The second-order valence-electron chi connectivity index (χ2n) is 4.99. The summed E-state index contributed by atoms with van der Waals surface area (Å²) in [7, 11) is 1.56. The van der Waals surface area contributed by atoms with Crippen LogP contribution < -0.4 is 4.74 Å². The Morgan fingerprint density at radius 2 is 2.16 bits per heavy atom. The molecule has 1 aromatic carbocycles. The second kappa shape index (κ2) is 5.87. The number of carbonyl (C=O) groups is 2. The van der Waals surface area contributed by atoms with Gasteiger partial charge in [0.25, 0.3) is 0 Å². The summed E-state index contributed by atoms with van der Waals surface area (Å²) >= 11 is 0. The summed E-state index contributed by atoms with van der Waals surface area (Å²) in [4.78, 5) is 23.3. The fourth-order valence-corrected chi connectivity index (χ4v) is 2.76. The normalized spacial score (nSPS) is 22.2. The summed E-state index contributed by atoms with van der Waals surface area (Å²) in [5.41, 5.74) is 0.593. The van der Waals surface area contributed by atoms with E-state index in [2.05, 4.69) is 0 Å². The van der Waals surface area contributed by atoms with Crippen molar-refractivity contribution in [1.82, 2.24) is 0 Å². The molecule has 0 saturated heterocycles.